The van der Waals surface area contributed by atoms with Gasteiger partial charge in [0.2, 0.25) is 10.0 Å². The van der Waals surface area contributed by atoms with E-state index in [1.165, 1.54) is 28.0 Å². The summed E-state index contributed by atoms with van der Waals surface area (Å²) in [6.45, 7) is 1.86. The minimum absolute atomic E-state index is 0.162. The largest absolute Gasteiger partial charge is 0.369 e. The second-order valence-corrected chi connectivity index (χ2v) is 8.63. The molecule has 0 radical (unpaired) electrons. The molecule has 9 heteroatoms. The first-order valence-corrected chi connectivity index (χ1v) is 10.4. The zero-order valence-corrected chi connectivity index (χ0v) is 16.5. The van der Waals surface area contributed by atoms with E-state index in [0.29, 0.717) is 36.8 Å². The van der Waals surface area contributed by atoms with Crippen molar-refractivity contribution in [3.8, 4) is 0 Å². The summed E-state index contributed by atoms with van der Waals surface area (Å²) < 4.78 is 27.4. The molecule has 148 valence electrons. The molecule has 1 saturated heterocycles. The third kappa shape index (κ3) is 4.71. The highest BCUT2D eigenvalue weighted by Crippen LogP contribution is 2.24. The van der Waals surface area contributed by atoms with E-state index in [1.54, 1.807) is 18.2 Å². The molecule has 0 saturated carbocycles. The zero-order valence-electron chi connectivity index (χ0n) is 15.0. The number of nitrogens with one attached hydrogen (secondary N) is 1. The summed E-state index contributed by atoms with van der Waals surface area (Å²) >= 11 is 6.04. The normalized spacial score (nSPS) is 15.7. The van der Waals surface area contributed by atoms with Crippen molar-refractivity contribution >= 4 is 39.3 Å². The van der Waals surface area contributed by atoms with Crippen LogP contribution in [0.25, 0.3) is 6.08 Å². The van der Waals surface area contributed by atoms with E-state index >= 15 is 0 Å². The summed E-state index contributed by atoms with van der Waals surface area (Å²) in [6.07, 6.45) is 2.55. The molecule has 1 heterocycles. The number of hydroxylamine groups is 1. The molecule has 0 unspecified atom stereocenters. The summed E-state index contributed by atoms with van der Waals surface area (Å²) in [7, 11) is -3.65. The van der Waals surface area contributed by atoms with E-state index in [0.717, 1.165) is 11.8 Å². The molecular weight excluding hydrogens is 402 g/mol. The molecule has 2 N–H and O–H groups in total. The SMILES string of the molecule is O=C(/C=C/c1cccc(S(=O)(=O)N2CCN(c3cccc(Cl)c3)CC2)c1)NO. The molecule has 1 amide bonds. The summed E-state index contributed by atoms with van der Waals surface area (Å²) in [6, 6.07) is 13.8. The Morgan fingerprint density at radius 3 is 2.46 bits per heavy atom. The Balaban J connectivity index is 1.72. The molecule has 28 heavy (non-hydrogen) atoms. The number of nitrogens with zero attached hydrogens (tertiary/aromatic N) is 2. The number of carbonyl (C=O) groups excluding carboxylic acids is 1. The predicted molar refractivity (Wildman–Crippen MR) is 108 cm³/mol. The Morgan fingerprint density at radius 2 is 1.79 bits per heavy atom. The molecule has 2 aromatic carbocycles. The van der Waals surface area contributed by atoms with Gasteiger partial charge in [0.25, 0.3) is 5.91 Å². The monoisotopic (exact) mass is 421 g/mol. The average Bonchev–Trinajstić information content (AvgIpc) is 2.72. The molecule has 0 spiro atoms. The van der Waals surface area contributed by atoms with E-state index < -0.39 is 15.9 Å². The topological polar surface area (TPSA) is 90.0 Å². The van der Waals surface area contributed by atoms with Gasteiger partial charge in [-0.3, -0.25) is 10.0 Å². The van der Waals surface area contributed by atoms with E-state index in [-0.39, 0.29) is 4.90 Å². The number of halogens is 1. The summed E-state index contributed by atoms with van der Waals surface area (Å²) in [5.41, 5.74) is 3.00. The van der Waals surface area contributed by atoms with Crippen LogP contribution in [0, 0.1) is 0 Å². The van der Waals surface area contributed by atoms with Gasteiger partial charge in [-0.15, -0.1) is 0 Å². The molecule has 0 aliphatic carbocycles. The van der Waals surface area contributed by atoms with Gasteiger partial charge in [0, 0.05) is 43.0 Å². The molecule has 1 aliphatic rings. The van der Waals surface area contributed by atoms with Crippen LogP contribution in [0.5, 0.6) is 0 Å². The van der Waals surface area contributed by atoms with Crippen LogP contribution in [0.2, 0.25) is 5.02 Å². The number of carbonyl (C=O) groups is 1. The number of rotatable bonds is 5. The molecule has 1 fully saturated rings. The predicted octanol–water partition coefficient (Wildman–Crippen LogP) is 2.37. The molecule has 0 aromatic heterocycles. The van der Waals surface area contributed by atoms with Gasteiger partial charge in [0.05, 0.1) is 4.90 Å². The number of benzene rings is 2. The van der Waals surface area contributed by atoms with Crippen molar-refractivity contribution in [2.45, 2.75) is 4.90 Å². The van der Waals surface area contributed by atoms with Crippen LogP contribution in [0.1, 0.15) is 5.56 Å². The fourth-order valence-corrected chi connectivity index (χ4v) is 4.66. The lowest BCUT2D eigenvalue weighted by atomic mass is 10.2. The average molecular weight is 422 g/mol. The van der Waals surface area contributed by atoms with Crippen molar-refractivity contribution in [3.05, 3.63) is 65.2 Å². The Kier molecular flexibility index (Phi) is 6.35. The van der Waals surface area contributed by atoms with Gasteiger partial charge in [-0.1, -0.05) is 29.8 Å². The van der Waals surface area contributed by atoms with Gasteiger partial charge in [0.15, 0.2) is 0 Å². The number of sulfonamides is 1. The third-order valence-electron chi connectivity index (χ3n) is 4.45. The van der Waals surface area contributed by atoms with Gasteiger partial charge < -0.3 is 4.90 Å². The molecule has 0 atom stereocenters. The van der Waals surface area contributed by atoms with Crippen molar-refractivity contribution in [1.29, 1.82) is 0 Å². The van der Waals surface area contributed by atoms with Crippen LogP contribution < -0.4 is 10.4 Å². The second kappa shape index (κ2) is 8.74. The maximum Gasteiger partial charge on any atom is 0.267 e. The van der Waals surface area contributed by atoms with Crippen molar-refractivity contribution in [2.75, 3.05) is 31.1 Å². The lowest BCUT2D eigenvalue weighted by molar-refractivity contribution is -0.124. The first-order chi connectivity index (χ1) is 13.4. The van der Waals surface area contributed by atoms with Crippen LogP contribution in [0.15, 0.2) is 59.5 Å². The van der Waals surface area contributed by atoms with Crippen LogP contribution in [0.3, 0.4) is 0 Å². The van der Waals surface area contributed by atoms with Crippen LogP contribution in [-0.2, 0) is 14.8 Å². The highest BCUT2D eigenvalue weighted by atomic mass is 35.5. The minimum atomic E-state index is -3.65. The van der Waals surface area contributed by atoms with Gasteiger partial charge in [-0.05, 0) is 42.0 Å². The minimum Gasteiger partial charge on any atom is -0.369 e. The number of piperazine rings is 1. The van der Waals surface area contributed by atoms with Crippen molar-refractivity contribution in [1.82, 2.24) is 9.79 Å². The smallest absolute Gasteiger partial charge is 0.267 e. The summed E-state index contributed by atoms with van der Waals surface area (Å²) in [5.74, 6) is -0.689. The number of hydrogen-bond acceptors (Lipinski definition) is 5. The Bertz CT molecular complexity index is 986. The Morgan fingerprint density at radius 1 is 1.07 bits per heavy atom. The van der Waals surface area contributed by atoms with Gasteiger partial charge in [0.1, 0.15) is 0 Å². The number of anilines is 1. The van der Waals surface area contributed by atoms with E-state index in [1.807, 2.05) is 18.2 Å². The molecule has 3 rings (SSSR count). The second-order valence-electron chi connectivity index (χ2n) is 6.25. The van der Waals surface area contributed by atoms with Crippen LogP contribution in [0.4, 0.5) is 5.69 Å². The zero-order chi connectivity index (χ0) is 20.1. The fourth-order valence-electron chi connectivity index (χ4n) is 3.00. The molecule has 7 nitrogen and oxygen atoms in total. The van der Waals surface area contributed by atoms with Gasteiger partial charge in [-0.25, -0.2) is 13.9 Å². The molecular formula is C19H20ClN3O4S. The van der Waals surface area contributed by atoms with Crippen molar-refractivity contribution in [2.24, 2.45) is 0 Å². The maximum absolute atomic E-state index is 13.0. The summed E-state index contributed by atoms with van der Waals surface area (Å²) in [4.78, 5) is 13.4. The van der Waals surface area contributed by atoms with Crippen LogP contribution in [-0.4, -0.2) is 50.0 Å². The Labute approximate surface area is 168 Å². The standard InChI is InChI=1S/C19H20ClN3O4S/c20-16-4-2-5-17(14-16)22-9-11-23(12-10-22)28(26,27)18-6-1-3-15(13-18)7-8-19(24)21-25/h1-8,13-14,25H,9-12H2,(H,21,24)/b8-7+. The number of amides is 1. The van der Waals surface area contributed by atoms with E-state index in [2.05, 4.69) is 4.90 Å². The lowest BCUT2D eigenvalue weighted by Crippen LogP contribution is -2.48. The first kappa shape index (κ1) is 20.3. The molecule has 1 aliphatic heterocycles. The maximum atomic E-state index is 13.0. The van der Waals surface area contributed by atoms with E-state index in [9.17, 15) is 13.2 Å². The fraction of sp³-hybridized carbons (Fsp3) is 0.211. The lowest BCUT2D eigenvalue weighted by Gasteiger charge is -2.35. The Hall–Kier alpha value is -2.39. The summed E-state index contributed by atoms with van der Waals surface area (Å²) in [5, 5.41) is 9.17. The molecule has 0 bridgehead atoms. The number of hydrogen-bond donors (Lipinski definition) is 2. The third-order valence-corrected chi connectivity index (χ3v) is 6.57. The first-order valence-electron chi connectivity index (χ1n) is 8.63. The molecule has 2 aromatic rings. The van der Waals surface area contributed by atoms with E-state index in [4.69, 9.17) is 16.8 Å². The van der Waals surface area contributed by atoms with Crippen molar-refractivity contribution in [3.63, 3.8) is 0 Å². The highest BCUT2D eigenvalue weighted by molar-refractivity contribution is 7.89. The van der Waals surface area contributed by atoms with Crippen LogP contribution >= 0.6 is 11.6 Å². The van der Waals surface area contributed by atoms with Gasteiger partial charge >= 0.3 is 0 Å². The van der Waals surface area contributed by atoms with Crippen molar-refractivity contribution < 1.29 is 18.4 Å². The quantitative estimate of drug-likeness (QED) is 0.439. The highest BCUT2D eigenvalue weighted by Gasteiger charge is 2.28. The van der Waals surface area contributed by atoms with Gasteiger partial charge in [-0.2, -0.15) is 4.31 Å².